The number of fused-ring (bicyclic) bond motifs is 1. The van der Waals surface area contributed by atoms with E-state index in [1.165, 1.54) is 0 Å². The fraction of sp³-hybridized carbons (Fsp3) is 0.870. The van der Waals surface area contributed by atoms with Crippen LogP contribution in [0.2, 0.25) is 0 Å². The fourth-order valence-electron chi connectivity index (χ4n) is 6.07. The molecular formula is C23H39N3O5. The summed E-state index contributed by atoms with van der Waals surface area (Å²) < 4.78 is 6.62. The molecule has 3 rings (SSSR count). The smallest absolute Gasteiger partial charge is 0.245 e. The number of nitrogens with zero attached hydrogens (tertiary/aromatic N) is 1. The van der Waals surface area contributed by atoms with E-state index in [9.17, 15) is 14.4 Å². The van der Waals surface area contributed by atoms with Crippen molar-refractivity contribution in [3.05, 3.63) is 0 Å². The predicted octanol–water partition coefficient (Wildman–Crippen LogP) is 1.36. The van der Waals surface area contributed by atoms with Gasteiger partial charge in [-0.25, -0.2) is 0 Å². The first-order chi connectivity index (χ1) is 14.9. The molecule has 3 fully saturated rings. The predicted molar refractivity (Wildman–Crippen MR) is 116 cm³/mol. The molecule has 3 heterocycles. The molecule has 3 aliphatic rings. The number of aliphatic hydroxyl groups is 1. The Bertz CT molecular complexity index is 686. The maximum atomic E-state index is 13.7. The van der Waals surface area contributed by atoms with Crippen LogP contribution in [0.1, 0.15) is 71.6 Å². The Labute approximate surface area is 185 Å². The van der Waals surface area contributed by atoms with Crippen molar-refractivity contribution in [2.75, 3.05) is 26.7 Å². The highest BCUT2D eigenvalue weighted by atomic mass is 16.5. The van der Waals surface area contributed by atoms with Crippen LogP contribution >= 0.6 is 0 Å². The van der Waals surface area contributed by atoms with Gasteiger partial charge in [-0.2, -0.15) is 0 Å². The van der Waals surface area contributed by atoms with Crippen LogP contribution < -0.4 is 10.6 Å². The molecule has 0 aromatic carbocycles. The van der Waals surface area contributed by atoms with Gasteiger partial charge in [-0.15, -0.1) is 0 Å². The van der Waals surface area contributed by atoms with Crippen molar-refractivity contribution in [3.8, 4) is 0 Å². The Morgan fingerprint density at radius 2 is 1.90 bits per heavy atom. The summed E-state index contributed by atoms with van der Waals surface area (Å²) in [6.45, 7) is 5.24. The molecule has 176 valence electrons. The second kappa shape index (κ2) is 9.86. The molecule has 3 aliphatic heterocycles. The summed E-state index contributed by atoms with van der Waals surface area (Å²) in [7, 11) is 1.59. The lowest BCUT2D eigenvalue weighted by atomic mass is 9.65. The number of unbranched alkanes of at least 4 members (excludes halogenated alkanes) is 4. The van der Waals surface area contributed by atoms with E-state index in [0.717, 1.165) is 25.7 Å². The normalized spacial score (nSPS) is 33.6. The van der Waals surface area contributed by atoms with Crippen LogP contribution in [-0.2, 0) is 19.1 Å². The highest BCUT2D eigenvalue weighted by Gasteiger charge is 2.78. The summed E-state index contributed by atoms with van der Waals surface area (Å²) in [5.74, 6) is -1.67. The molecule has 0 aromatic rings. The number of likely N-dealkylation sites (tertiary alicyclic amines) is 1. The van der Waals surface area contributed by atoms with E-state index >= 15 is 0 Å². The molecule has 2 bridgehead atoms. The number of carbonyl (C=O) groups excluding carboxylic acids is 3. The lowest BCUT2D eigenvalue weighted by Gasteiger charge is -2.33. The SMILES string of the molecule is CCCCCNC(=O)C1N(CCCCCO)C(=O)[C@@H]2[C@H](C(=O)NC)[C@]3(CC)CCC12O3. The lowest BCUT2D eigenvalue weighted by molar-refractivity contribution is -0.147. The summed E-state index contributed by atoms with van der Waals surface area (Å²) in [5, 5.41) is 14.8. The van der Waals surface area contributed by atoms with Gasteiger partial charge in [-0.3, -0.25) is 14.4 Å². The summed E-state index contributed by atoms with van der Waals surface area (Å²) in [6, 6.07) is -0.705. The second-order valence-electron chi connectivity index (χ2n) is 9.26. The van der Waals surface area contributed by atoms with E-state index in [-0.39, 0.29) is 24.3 Å². The number of rotatable bonds is 12. The number of hydrogen-bond donors (Lipinski definition) is 3. The first-order valence-electron chi connectivity index (χ1n) is 12.0. The molecule has 2 unspecified atom stereocenters. The van der Waals surface area contributed by atoms with Crippen LogP contribution in [-0.4, -0.2) is 71.7 Å². The van der Waals surface area contributed by atoms with Gasteiger partial charge >= 0.3 is 0 Å². The van der Waals surface area contributed by atoms with Gasteiger partial charge < -0.3 is 25.4 Å². The quantitative estimate of drug-likeness (QED) is 0.400. The number of amides is 3. The Balaban J connectivity index is 1.90. The number of aliphatic hydroxyl groups excluding tert-OH is 1. The summed E-state index contributed by atoms with van der Waals surface area (Å²) in [5.41, 5.74) is -1.61. The minimum atomic E-state index is -0.934. The van der Waals surface area contributed by atoms with Crippen molar-refractivity contribution in [2.24, 2.45) is 11.8 Å². The molecule has 0 radical (unpaired) electrons. The van der Waals surface area contributed by atoms with Crippen LogP contribution in [0.25, 0.3) is 0 Å². The largest absolute Gasteiger partial charge is 0.396 e. The van der Waals surface area contributed by atoms with Gasteiger partial charge in [-0.1, -0.05) is 26.7 Å². The van der Waals surface area contributed by atoms with E-state index in [1.54, 1.807) is 11.9 Å². The van der Waals surface area contributed by atoms with Gasteiger partial charge in [0, 0.05) is 26.7 Å². The zero-order valence-corrected chi connectivity index (χ0v) is 19.2. The van der Waals surface area contributed by atoms with Crippen LogP contribution in [0.4, 0.5) is 0 Å². The standard InChI is InChI=1S/C23H39N3O5/c1-4-6-8-13-25-20(29)18-23-12-11-22(5-2,31-23)16(19(28)24-3)17(23)21(30)26(18)14-9-7-10-15-27/h16-18,27H,4-15H2,1-3H3,(H,24,28)(H,25,29)/t16-,17+,18?,22+,23?/m1/s1. The van der Waals surface area contributed by atoms with Crippen LogP contribution in [0.3, 0.4) is 0 Å². The fourth-order valence-corrected chi connectivity index (χ4v) is 6.07. The molecule has 3 saturated heterocycles. The van der Waals surface area contributed by atoms with Gasteiger partial charge in [0.2, 0.25) is 17.7 Å². The summed E-state index contributed by atoms with van der Waals surface area (Å²) in [6.07, 6.45) is 7.09. The molecular weight excluding hydrogens is 398 g/mol. The maximum Gasteiger partial charge on any atom is 0.245 e. The van der Waals surface area contributed by atoms with E-state index in [2.05, 4.69) is 17.6 Å². The van der Waals surface area contributed by atoms with E-state index in [1.807, 2.05) is 6.92 Å². The molecule has 5 atom stereocenters. The van der Waals surface area contributed by atoms with Gasteiger partial charge in [0.1, 0.15) is 11.6 Å². The van der Waals surface area contributed by atoms with Crippen molar-refractivity contribution in [3.63, 3.8) is 0 Å². The van der Waals surface area contributed by atoms with Crippen LogP contribution in [0.5, 0.6) is 0 Å². The number of carbonyl (C=O) groups is 3. The zero-order valence-electron chi connectivity index (χ0n) is 19.2. The molecule has 0 saturated carbocycles. The third-order valence-electron chi connectivity index (χ3n) is 7.59. The summed E-state index contributed by atoms with van der Waals surface area (Å²) >= 11 is 0. The summed E-state index contributed by atoms with van der Waals surface area (Å²) in [4.78, 5) is 41.6. The monoisotopic (exact) mass is 437 g/mol. The topological polar surface area (TPSA) is 108 Å². The van der Waals surface area contributed by atoms with E-state index < -0.39 is 29.1 Å². The van der Waals surface area contributed by atoms with Crippen molar-refractivity contribution >= 4 is 17.7 Å². The molecule has 8 nitrogen and oxygen atoms in total. The number of nitrogens with one attached hydrogen (secondary N) is 2. The minimum absolute atomic E-state index is 0.114. The maximum absolute atomic E-state index is 13.7. The van der Waals surface area contributed by atoms with E-state index in [0.29, 0.717) is 45.2 Å². The molecule has 3 amide bonds. The highest BCUT2D eigenvalue weighted by Crippen LogP contribution is 2.64. The van der Waals surface area contributed by atoms with Crippen LogP contribution in [0.15, 0.2) is 0 Å². The Kier molecular flexibility index (Phi) is 7.63. The number of hydrogen-bond acceptors (Lipinski definition) is 5. The molecule has 3 N–H and O–H groups in total. The molecule has 31 heavy (non-hydrogen) atoms. The van der Waals surface area contributed by atoms with Gasteiger partial charge in [0.25, 0.3) is 0 Å². The molecule has 8 heteroatoms. The third kappa shape index (κ3) is 3.97. The van der Waals surface area contributed by atoms with Gasteiger partial charge in [0.05, 0.1) is 17.4 Å². The van der Waals surface area contributed by atoms with Crippen molar-refractivity contribution in [1.29, 1.82) is 0 Å². The average Bonchev–Trinajstić information content (AvgIpc) is 3.37. The Morgan fingerprint density at radius 1 is 1.13 bits per heavy atom. The first-order valence-corrected chi connectivity index (χ1v) is 12.0. The van der Waals surface area contributed by atoms with Gasteiger partial charge in [0.15, 0.2) is 0 Å². The minimum Gasteiger partial charge on any atom is -0.396 e. The second-order valence-corrected chi connectivity index (χ2v) is 9.26. The van der Waals surface area contributed by atoms with Crippen molar-refractivity contribution < 1.29 is 24.2 Å². The Hall–Kier alpha value is -1.67. The average molecular weight is 438 g/mol. The van der Waals surface area contributed by atoms with Crippen LogP contribution in [0, 0.1) is 11.8 Å². The number of ether oxygens (including phenoxy) is 1. The highest BCUT2D eigenvalue weighted by molar-refractivity contribution is 5.99. The third-order valence-corrected chi connectivity index (χ3v) is 7.59. The van der Waals surface area contributed by atoms with Crippen molar-refractivity contribution in [1.82, 2.24) is 15.5 Å². The molecule has 0 aromatic heterocycles. The first kappa shape index (κ1) is 24.0. The van der Waals surface area contributed by atoms with Crippen molar-refractivity contribution in [2.45, 2.75) is 88.9 Å². The van der Waals surface area contributed by atoms with E-state index in [4.69, 9.17) is 9.84 Å². The zero-order chi connectivity index (χ0) is 22.6. The Morgan fingerprint density at radius 3 is 2.55 bits per heavy atom. The molecule has 1 spiro atoms. The van der Waals surface area contributed by atoms with Gasteiger partial charge in [-0.05, 0) is 44.9 Å². The lowest BCUT2D eigenvalue weighted by Crippen LogP contribution is -2.55. The molecule has 0 aliphatic carbocycles.